The summed E-state index contributed by atoms with van der Waals surface area (Å²) >= 11 is 0. The summed E-state index contributed by atoms with van der Waals surface area (Å²) in [4.78, 5) is 15.4. The van der Waals surface area contributed by atoms with Gasteiger partial charge in [-0.15, -0.1) is 0 Å². The van der Waals surface area contributed by atoms with Crippen LogP contribution in [0, 0.1) is 5.82 Å². The number of carboxylic acid groups (broad SMARTS) is 1. The van der Waals surface area contributed by atoms with Crippen LogP contribution in [-0.4, -0.2) is 36.0 Å². The van der Waals surface area contributed by atoms with E-state index in [0.717, 1.165) is 6.07 Å². The van der Waals surface area contributed by atoms with Crippen molar-refractivity contribution in [2.24, 2.45) is 4.99 Å². The molecule has 0 spiro atoms. The van der Waals surface area contributed by atoms with E-state index in [-0.39, 0.29) is 17.1 Å². The van der Waals surface area contributed by atoms with Gasteiger partial charge >= 0.3 is 6.09 Å². The third kappa shape index (κ3) is 2.43. The lowest BCUT2D eigenvalue weighted by Gasteiger charge is -2.44. The molecule has 130 valence electrons. The molecule has 2 bridgehead atoms. The second kappa shape index (κ2) is 5.44. The van der Waals surface area contributed by atoms with Gasteiger partial charge in [-0.05, 0) is 38.0 Å². The quantitative estimate of drug-likeness (QED) is 0.661. The van der Waals surface area contributed by atoms with Crippen molar-refractivity contribution in [2.75, 3.05) is 5.73 Å². The maximum Gasteiger partial charge on any atom is 0.410 e. The minimum absolute atomic E-state index is 0.0566. The van der Waals surface area contributed by atoms with Crippen LogP contribution >= 0.6 is 0 Å². The second-order valence-electron chi connectivity index (χ2n) is 6.31. The number of fused-ring (bicyclic) bond motifs is 2. The molecule has 0 radical (unpaired) electrons. The summed E-state index contributed by atoms with van der Waals surface area (Å²) in [6.45, 7) is 1.51. The van der Waals surface area contributed by atoms with Crippen LogP contribution in [0.5, 0.6) is 0 Å². The van der Waals surface area contributed by atoms with Gasteiger partial charge in [0.1, 0.15) is 22.4 Å². The van der Waals surface area contributed by atoms with Crippen LogP contribution in [0.1, 0.15) is 31.7 Å². The van der Waals surface area contributed by atoms with Crippen molar-refractivity contribution in [3.63, 3.8) is 0 Å². The number of nitrogens with two attached hydrogens (primary N) is 1. The first-order chi connectivity index (χ1) is 11.2. The first-order valence-corrected chi connectivity index (χ1v) is 9.15. The molecule has 3 atom stereocenters. The SMILES string of the molecule is C[C@]1(c2cc(N)ccc2F)N=C(NC(=O)O)[C@@H]2CCC[C@H]1S2(=O)=O. The lowest BCUT2D eigenvalue weighted by molar-refractivity contribution is 0.199. The van der Waals surface area contributed by atoms with Gasteiger partial charge in [0.25, 0.3) is 0 Å². The minimum Gasteiger partial charge on any atom is -0.465 e. The number of amidine groups is 1. The molecular formula is C15H18FN3O4S. The lowest BCUT2D eigenvalue weighted by Crippen LogP contribution is -2.58. The summed E-state index contributed by atoms with van der Waals surface area (Å²) in [5, 5.41) is 9.16. The first kappa shape index (κ1) is 16.7. The van der Waals surface area contributed by atoms with Gasteiger partial charge in [0.15, 0.2) is 9.84 Å². The van der Waals surface area contributed by atoms with Gasteiger partial charge in [0, 0.05) is 11.3 Å². The van der Waals surface area contributed by atoms with Gasteiger partial charge in [-0.25, -0.2) is 17.6 Å². The van der Waals surface area contributed by atoms with Gasteiger partial charge in [0.2, 0.25) is 0 Å². The number of nitrogens with zero attached hydrogens (tertiary/aromatic N) is 1. The number of anilines is 1. The number of sulfone groups is 1. The van der Waals surface area contributed by atoms with E-state index in [1.807, 2.05) is 0 Å². The number of aliphatic imine (C=N–C) groups is 1. The van der Waals surface area contributed by atoms with Crippen molar-refractivity contribution >= 4 is 27.5 Å². The normalized spacial score (nSPS) is 31.2. The molecular weight excluding hydrogens is 337 g/mol. The van der Waals surface area contributed by atoms with Crippen LogP contribution in [0.25, 0.3) is 0 Å². The molecule has 1 saturated heterocycles. The summed E-state index contributed by atoms with van der Waals surface area (Å²) in [5.74, 6) is -0.771. The number of carbonyl (C=O) groups is 1. The van der Waals surface area contributed by atoms with Gasteiger partial charge in [-0.1, -0.05) is 6.42 Å². The molecule has 0 aromatic heterocycles. The average Bonchev–Trinajstić information content (AvgIpc) is 2.45. The van der Waals surface area contributed by atoms with Crippen LogP contribution < -0.4 is 11.1 Å². The number of nitrogen functional groups attached to an aromatic ring is 1. The number of amides is 1. The van der Waals surface area contributed by atoms with Gasteiger partial charge in [-0.2, -0.15) is 0 Å². The summed E-state index contributed by atoms with van der Waals surface area (Å²) in [7, 11) is -3.71. The molecule has 1 aromatic rings. The maximum absolute atomic E-state index is 14.4. The molecule has 2 aliphatic heterocycles. The number of benzene rings is 1. The van der Waals surface area contributed by atoms with Crippen LogP contribution in [0.2, 0.25) is 0 Å². The molecule has 1 amide bonds. The molecule has 7 nitrogen and oxygen atoms in total. The molecule has 0 unspecified atom stereocenters. The van der Waals surface area contributed by atoms with Gasteiger partial charge < -0.3 is 10.8 Å². The zero-order valence-electron chi connectivity index (χ0n) is 13.0. The molecule has 0 saturated carbocycles. The number of hydrogen-bond donors (Lipinski definition) is 3. The van der Waals surface area contributed by atoms with E-state index < -0.39 is 37.8 Å². The first-order valence-electron chi connectivity index (χ1n) is 7.54. The van der Waals surface area contributed by atoms with E-state index in [0.29, 0.717) is 19.3 Å². The number of nitrogens with one attached hydrogen (secondary N) is 1. The Morgan fingerprint density at radius 1 is 1.46 bits per heavy atom. The Bertz CT molecular complexity index is 839. The van der Waals surface area contributed by atoms with Gasteiger partial charge in [-0.3, -0.25) is 10.3 Å². The fourth-order valence-corrected chi connectivity index (χ4v) is 6.31. The van der Waals surface area contributed by atoms with E-state index >= 15 is 0 Å². The van der Waals surface area contributed by atoms with Gasteiger partial charge in [0.05, 0.1) is 5.25 Å². The Hall–Kier alpha value is -2.16. The van der Waals surface area contributed by atoms with Crippen molar-refractivity contribution in [1.29, 1.82) is 0 Å². The molecule has 0 aliphatic carbocycles. The highest BCUT2D eigenvalue weighted by molar-refractivity contribution is 7.93. The summed E-state index contributed by atoms with van der Waals surface area (Å²) in [6.07, 6.45) is -0.168. The van der Waals surface area contributed by atoms with E-state index in [2.05, 4.69) is 10.3 Å². The summed E-state index contributed by atoms with van der Waals surface area (Å²) in [6, 6.07) is 3.91. The topological polar surface area (TPSA) is 122 Å². The highest BCUT2D eigenvalue weighted by Crippen LogP contribution is 2.45. The van der Waals surface area contributed by atoms with E-state index in [9.17, 15) is 17.6 Å². The summed E-state index contributed by atoms with van der Waals surface area (Å²) < 4.78 is 40.2. The predicted molar refractivity (Wildman–Crippen MR) is 87.1 cm³/mol. The second-order valence-corrected chi connectivity index (χ2v) is 8.63. The average molecular weight is 355 g/mol. The van der Waals surface area contributed by atoms with Crippen molar-refractivity contribution in [2.45, 2.75) is 42.2 Å². The Balaban J connectivity index is 2.26. The van der Waals surface area contributed by atoms with Crippen molar-refractivity contribution in [3.05, 3.63) is 29.6 Å². The fraction of sp³-hybridized carbons (Fsp3) is 0.467. The Kier molecular flexibility index (Phi) is 3.78. The third-order valence-corrected chi connectivity index (χ3v) is 7.52. The molecule has 1 aromatic carbocycles. The van der Waals surface area contributed by atoms with E-state index in [1.54, 1.807) is 0 Å². The third-order valence-electron chi connectivity index (χ3n) is 4.78. The Morgan fingerprint density at radius 3 is 2.83 bits per heavy atom. The molecule has 24 heavy (non-hydrogen) atoms. The molecule has 3 rings (SSSR count). The van der Waals surface area contributed by atoms with Crippen molar-refractivity contribution in [1.82, 2.24) is 5.32 Å². The summed E-state index contributed by atoms with van der Waals surface area (Å²) in [5.41, 5.74) is 4.63. The molecule has 2 heterocycles. The van der Waals surface area contributed by atoms with Crippen LogP contribution in [0.3, 0.4) is 0 Å². The van der Waals surface area contributed by atoms with Crippen LogP contribution in [0.15, 0.2) is 23.2 Å². The Morgan fingerprint density at radius 2 is 2.17 bits per heavy atom. The number of rotatable bonds is 1. The van der Waals surface area contributed by atoms with E-state index in [1.165, 1.54) is 19.1 Å². The highest BCUT2D eigenvalue weighted by atomic mass is 32.2. The molecule has 4 N–H and O–H groups in total. The zero-order chi connectivity index (χ0) is 17.7. The fourth-order valence-electron chi connectivity index (χ4n) is 3.69. The molecule has 1 fully saturated rings. The largest absolute Gasteiger partial charge is 0.465 e. The van der Waals surface area contributed by atoms with Crippen LogP contribution in [-0.2, 0) is 15.4 Å². The van der Waals surface area contributed by atoms with Crippen molar-refractivity contribution in [3.8, 4) is 0 Å². The number of halogens is 1. The maximum atomic E-state index is 14.4. The smallest absolute Gasteiger partial charge is 0.410 e. The minimum atomic E-state index is -3.71. The van der Waals surface area contributed by atoms with Crippen molar-refractivity contribution < 1.29 is 22.7 Å². The predicted octanol–water partition coefficient (Wildman–Crippen LogP) is 1.64. The highest BCUT2D eigenvalue weighted by Gasteiger charge is 2.55. The zero-order valence-corrected chi connectivity index (χ0v) is 13.8. The number of hydrogen-bond acceptors (Lipinski definition) is 5. The van der Waals surface area contributed by atoms with E-state index in [4.69, 9.17) is 10.8 Å². The lowest BCUT2D eigenvalue weighted by atomic mass is 9.84. The standard InChI is InChI=1S/C15H18FN3O4S/c1-15(9-7-8(17)5-6-10(9)16)12-4-2-3-11(24(12,22)23)13(19-15)18-14(20)21/h5-7,11-12H,2-4,17H2,1H3,(H,18,19)(H,20,21)/t11-,12+,15+/m0/s1. The van der Waals surface area contributed by atoms with Crippen LogP contribution in [0.4, 0.5) is 14.9 Å². The molecule has 2 aliphatic rings. The molecule has 9 heteroatoms. The monoisotopic (exact) mass is 355 g/mol. The Labute approximate surface area is 138 Å².